The lowest BCUT2D eigenvalue weighted by molar-refractivity contribution is -0.137. The van der Waals surface area contributed by atoms with Crippen molar-refractivity contribution < 1.29 is 22.7 Å². The van der Waals surface area contributed by atoms with Crippen LogP contribution < -0.4 is 26.6 Å². The predicted molar refractivity (Wildman–Crippen MR) is 145 cm³/mol. The summed E-state index contributed by atoms with van der Waals surface area (Å²) in [5.41, 5.74) is 8.06. The van der Waals surface area contributed by atoms with Crippen molar-refractivity contribution in [2.75, 3.05) is 30.5 Å². The van der Waals surface area contributed by atoms with Gasteiger partial charge in [0.05, 0.1) is 29.7 Å². The van der Waals surface area contributed by atoms with Gasteiger partial charge >= 0.3 is 6.18 Å². The normalized spacial score (nSPS) is 14.4. The molecule has 206 valence electrons. The zero-order chi connectivity index (χ0) is 28.2. The molecule has 0 aliphatic carbocycles. The van der Waals surface area contributed by atoms with Crippen LogP contribution in [0.2, 0.25) is 0 Å². The number of methoxy groups -OCH3 is 1. The van der Waals surface area contributed by atoms with Crippen molar-refractivity contribution in [3.8, 4) is 5.75 Å². The summed E-state index contributed by atoms with van der Waals surface area (Å²) in [6.45, 7) is 3.69. The van der Waals surface area contributed by atoms with Gasteiger partial charge in [-0.05, 0) is 74.8 Å². The van der Waals surface area contributed by atoms with Crippen LogP contribution in [0.15, 0.2) is 61.1 Å². The second-order valence-electron chi connectivity index (χ2n) is 9.39. The average molecular weight is 541 g/mol. The van der Waals surface area contributed by atoms with Crippen LogP contribution in [0.4, 0.5) is 24.5 Å². The largest absolute Gasteiger partial charge is 0.494 e. The Morgan fingerprint density at radius 3 is 2.56 bits per heavy atom. The molecule has 1 fully saturated rings. The fourth-order valence-electron chi connectivity index (χ4n) is 4.54. The number of pyridine rings is 1. The summed E-state index contributed by atoms with van der Waals surface area (Å²) in [7, 11) is 1.38. The number of ether oxygens (including phenoxy) is 1. The topological polar surface area (TPSA) is 110 Å². The number of benzene rings is 2. The molecular weight excluding hydrogens is 509 g/mol. The van der Waals surface area contributed by atoms with Gasteiger partial charge in [-0.25, -0.2) is 5.84 Å². The molecule has 4 rings (SSSR count). The summed E-state index contributed by atoms with van der Waals surface area (Å²) in [5, 5.41) is 3.90. The van der Waals surface area contributed by atoms with E-state index in [1.54, 1.807) is 42.7 Å². The van der Waals surface area contributed by atoms with Gasteiger partial charge in [-0.2, -0.15) is 13.2 Å². The Kier molecular flexibility index (Phi) is 8.41. The second-order valence-corrected chi connectivity index (χ2v) is 9.39. The van der Waals surface area contributed by atoms with Crippen LogP contribution in [0.1, 0.15) is 45.5 Å². The molecule has 5 N–H and O–H groups in total. The minimum atomic E-state index is -4.59. The molecule has 0 bridgehead atoms. The molecule has 1 aromatic heterocycles. The molecule has 11 heteroatoms. The number of hydrogen-bond acceptors (Lipinski definition) is 7. The van der Waals surface area contributed by atoms with Crippen molar-refractivity contribution in [1.29, 1.82) is 0 Å². The molecule has 2 heterocycles. The van der Waals surface area contributed by atoms with Gasteiger partial charge in [0, 0.05) is 41.8 Å². The molecule has 3 aromatic rings. The summed E-state index contributed by atoms with van der Waals surface area (Å²) in [6, 6.07) is 10.3. The lowest BCUT2D eigenvalue weighted by Gasteiger charge is -2.22. The van der Waals surface area contributed by atoms with E-state index in [0.29, 0.717) is 22.5 Å². The molecule has 0 atom stereocenters. The molecule has 8 nitrogen and oxygen atoms in total. The van der Waals surface area contributed by atoms with E-state index in [0.717, 1.165) is 43.6 Å². The van der Waals surface area contributed by atoms with Crippen LogP contribution in [0.3, 0.4) is 0 Å². The number of amides is 1. The molecule has 39 heavy (non-hydrogen) atoms. The third kappa shape index (κ3) is 6.68. The van der Waals surface area contributed by atoms with E-state index in [1.807, 2.05) is 6.92 Å². The first-order valence-corrected chi connectivity index (χ1v) is 12.4. The molecule has 0 saturated carbocycles. The van der Waals surface area contributed by atoms with Gasteiger partial charge in [0.2, 0.25) is 0 Å². The number of rotatable bonds is 8. The van der Waals surface area contributed by atoms with Gasteiger partial charge in [-0.3, -0.25) is 19.7 Å². The third-order valence-electron chi connectivity index (χ3n) is 6.56. The summed E-state index contributed by atoms with van der Waals surface area (Å²) in [6.07, 6.45) is 2.10. The molecule has 0 radical (unpaired) electrons. The molecular formula is C28H31F3N6O2. The Morgan fingerprint density at radius 1 is 1.18 bits per heavy atom. The number of carbonyl (C=O) groups excluding carboxylic acids is 1. The van der Waals surface area contributed by atoms with Gasteiger partial charge in [-0.15, -0.1) is 0 Å². The first kappa shape index (κ1) is 27.9. The van der Waals surface area contributed by atoms with Crippen LogP contribution >= 0.6 is 0 Å². The van der Waals surface area contributed by atoms with E-state index in [2.05, 4.69) is 15.2 Å². The van der Waals surface area contributed by atoms with E-state index >= 15 is 0 Å². The van der Waals surface area contributed by atoms with Gasteiger partial charge in [0.15, 0.2) is 0 Å². The van der Waals surface area contributed by atoms with Crippen molar-refractivity contribution in [1.82, 2.24) is 9.88 Å². The molecule has 1 aliphatic heterocycles. The maximum absolute atomic E-state index is 13.8. The highest BCUT2D eigenvalue weighted by Gasteiger charge is 2.33. The molecule has 2 aromatic carbocycles. The van der Waals surface area contributed by atoms with Gasteiger partial charge < -0.3 is 15.8 Å². The summed E-state index contributed by atoms with van der Waals surface area (Å²) >= 11 is 0. The minimum absolute atomic E-state index is 0.0565. The Labute approximate surface area is 225 Å². The van der Waals surface area contributed by atoms with E-state index in [-0.39, 0.29) is 23.5 Å². The Bertz CT molecular complexity index is 1360. The summed E-state index contributed by atoms with van der Waals surface area (Å²) in [4.78, 5) is 19.4. The van der Waals surface area contributed by atoms with Crippen molar-refractivity contribution in [3.05, 3.63) is 88.9 Å². The van der Waals surface area contributed by atoms with Crippen LogP contribution in [0, 0.1) is 6.92 Å². The van der Waals surface area contributed by atoms with Crippen LogP contribution in [-0.4, -0.2) is 36.0 Å². The third-order valence-corrected chi connectivity index (χ3v) is 6.56. The Hall–Kier alpha value is -4.09. The van der Waals surface area contributed by atoms with Crippen LogP contribution in [0.5, 0.6) is 5.75 Å². The number of nitrogens with zero attached hydrogens (tertiary/aromatic N) is 3. The second kappa shape index (κ2) is 11.7. The number of likely N-dealkylation sites (tertiary alicyclic amines) is 1. The Balaban J connectivity index is 1.64. The van der Waals surface area contributed by atoms with Crippen LogP contribution in [-0.2, 0) is 12.7 Å². The van der Waals surface area contributed by atoms with Crippen molar-refractivity contribution in [2.45, 2.75) is 32.5 Å². The van der Waals surface area contributed by atoms with Crippen LogP contribution in [0.25, 0.3) is 5.70 Å². The first-order chi connectivity index (χ1) is 18.6. The number of alkyl halides is 3. The minimum Gasteiger partial charge on any atom is -0.494 e. The monoisotopic (exact) mass is 540 g/mol. The van der Waals surface area contributed by atoms with Crippen molar-refractivity contribution in [2.24, 2.45) is 11.6 Å². The highest BCUT2D eigenvalue weighted by molar-refractivity contribution is 6.06. The summed E-state index contributed by atoms with van der Waals surface area (Å²) < 4.78 is 46.8. The van der Waals surface area contributed by atoms with Crippen molar-refractivity contribution in [3.63, 3.8) is 0 Å². The fraction of sp³-hybridized carbons (Fsp3) is 0.286. The smallest absolute Gasteiger partial charge is 0.416 e. The lowest BCUT2D eigenvalue weighted by atomic mass is 10.1. The van der Waals surface area contributed by atoms with E-state index in [9.17, 15) is 18.0 Å². The maximum atomic E-state index is 13.8. The molecule has 0 unspecified atom stereocenters. The molecule has 1 saturated heterocycles. The number of aryl methyl sites for hydroxylation is 1. The van der Waals surface area contributed by atoms with Gasteiger partial charge in [0.25, 0.3) is 5.91 Å². The first-order valence-electron chi connectivity index (χ1n) is 12.4. The van der Waals surface area contributed by atoms with E-state index in [1.165, 1.54) is 18.3 Å². The van der Waals surface area contributed by atoms with Crippen molar-refractivity contribution >= 4 is 23.0 Å². The van der Waals surface area contributed by atoms with E-state index < -0.39 is 17.6 Å². The highest BCUT2D eigenvalue weighted by atomic mass is 19.4. The maximum Gasteiger partial charge on any atom is 0.416 e. The quantitative estimate of drug-likeness (QED) is 0.275. The highest BCUT2D eigenvalue weighted by Crippen LogP contribution is 2.39. The zero-order valence-electron chi connectivity index (χ0n) is 21.8. The fourth-order valence-corrected chi connectivity index (χ4v) is 4.54. The zero-order valence-corrected chi connectivity index (χ0v) is 21.8. The number of anilines is 2. The number of hydrogen-bond donors (Lipinski definition) is 3. The molecule has 0 spiro atoms. The number of nitrogens with two attached hydrogens (primary N) is 2. The number of halogens is 3. The Morgan fingerprint density at radius 2 is 1.92 bits per heavy atom. The number of carbonyl (C=O) groups is 1. The molecule has 1 aliphatic rings. The standard InChI is InChI=1S/C28H31F3N6O2/c1-18-7-8-19(13-25(18)37(33)17-23(32)20-6-5-9-34-15-20)27(38)35-24-14-22(28(29,30)31)12-21(26(24)39-2)16-36-10-3-4-11-36/h5-9,12-15,17H,3-4,10-11,16,32-33H2,1-2H3,(H,35,38)/b23-17-. The SMILES string of the molecule is COc1c(CN2CCCC2)cc(C(F)(F)F)cc1NC(=O)c1ccc(C)c(N(N)/C=C(\N)c2cccnc2)c1. The molecule has 1 amide bonds. The lowest BCUT2D eigenvalue weighted by Crippen LogP contribution is -2.27. The average Bonchev–Trinajstić information content (AvgIpc) is 3.41. The summed E-state index contributed by atoms with van der Waals surface area (Å²) in [5.74, 6) is 5.83. The van der Waals surface area contributed by atoms with Gasteiger partial charge in [0.1, 0.15) is 5.75 Å². The van der Waals surface area contributed by atoms with Gasteiger partial charge in [-0.1, -0.05) is 6.07 Å². The number of hydrazine groups is 1. The predicted octanol–water partition coefficient (Wildman–Crippen LogP) is 4.90. The van der Waals surface area contributed by atoms with E-state index in [4.69, 9.17) is 16.3 Å². The number of aromatic nitrogens is 1. The number of nitrogens with one attached hydrogen (secondary N) is 1.